The van der Waals surface area contributed by atoms with Crippen LogP contribution in [0, 0.1) is 6.92 Å². The van der Waals surface area contributed by atoms with Crippen LogP contribution in [0.5, 0.6) is 0 Å². The van der Waals surface area contributed by atoms with Crippen molar-refractivity contribution in [3.05, 3.63) is 29.8 Å². The number of benzene rings is 1. The minimum atomic E-state index is -3.38. The predicted octanol–water partition coefficient (Wildman–Crippen LogP) is 1.10. The van der Waals surface area contributed by atoms with Gasteiger partial charge in [0.25, 0.3) is 0 Å². The van der Waals surface area contributed by atoms with E-state index in [9.17, 15) is 8.42 Å². The molecule has 3 rings (SSSR count). The lowest BCUT2D eigenvalue weighted by Gasteiger charge is -2.37. The molecule has 110 valence electrons. The zero-order chi connectivity index (χ0) is 14.2. The summed E-state index contributed by atoms with van der Waals surface area (Å²) in [6, 6.07) is 7.03. The van der Waals surface area contributed by atoms with Gasteiger partial charge in [0.15, 0.2) is 0 Å². The van der Waals surface area contributed by atoms with E-state index < -0.39 is 10.0 Å². The van der Waals surface area contributed by atoms with Crippen LogP contribution < -0.4 is 5.32 Å². The van der Waals surface area contributed by atoms with Gasteiger partial charge in [0.2, 0.25) is 10.0 Å². The lowest BCUT2D eigenvalue weighted by atomic mass is 10.0. The van der Waals surface area contributed by atoms with E-state index in [0.29, 0.717) is 37.4 Å². The molecule has 0 amide bonds. The number of hydrogen-bond donors (Lipinski definition) is 1. The van der Waals surface area contributed by atoms with E-state index in [2.05, 4.69) is 5.32 Å². The summed E-state index contributed by atoms with van der Waals surface area (Å²) in [5.41, 5.74) is 0.768. The lowest BCUT2D eigenvalue weighted by molar-refractivity contribution is -0.0445. The first kappa shape index (κ1) is 14.0. The second kappa shape index (κ2) is 5.11. The molecule has 1 spiro atoms. The van der Waals surface area contributed by atoms with Crippen LogP contribution in [0.15, 0.2) is 29.2 Å². The van der Waals surface area contributed by atoms with Gasteiger partial charge >= 0.3 is 0 Å². The fraction of sp³-hybridized carbons (Fsp3) is 0.571. The molecule has 6 heteroatoms. The Labute approximate surface area is 120 Å². The fourth-order valence-corrected chi connectivity index (χ4v) is 4.29. The van der Waals surface area contributed by atoms with Gasteiger partial charge in [0.1, 0.15) is 5.72 Å². The minimum Gasteiger partial charge on any atom is -0.359 e. The van der Waals surface area contributed by atoms with Crippen LogP contribution >= 0.6 is 0 Å². The summed E-state index contributed by atoms with van der Waals surface area (Å²) in [7, 11) is -3.38. The van der Waals surface area contributed by atoms with E-state index in [1.54, 1.807) is 16.4 Å². The number of nitrogens with one attached hydrogen (secondary N) is 1. The number of ether oxygens (including phenoxy) is 1. The summed E-state index contributed by atoms with van der Waals surface area (Å²) in [6.07, 6.45) is 1.41. The third-order valence-corrected chi connectivity index (χ3v) is 6.03. The molecule has 0 radical (unpaired) electrons. The summed E-state index contributed by atoms with van der Waals surface area (Å²) in [5, 5.41) is 3.35. The number of rotatable bonds is 2. The van der Waals surface area contributed by atoms with Gasteiger partial charge in [-0.15, -0.1) is 0 Å². The van der Waals surface area contributed by atoms with Crippen LogP contribution in [0.4, 0.5) is 0 Å². The van der Waals surface area contributed by atoms with Crippen LogP contribution in [-0.4, -0.2) is 44.7 Å². The Hall–Kier alpha value is -0.950. The first-order chi connectivity index (χ1) is 9.52. The molecule has 0 unspecified atom stereocenters. The predicted molar refractivity (Wildman–Crippen MR) is 75.9 cm³/mol. The first-order valence-electron chi connectivity index (χ1n) is 6.98. The average Bonchev–Trinajstić information content (AvgIpc) is 2.88. The Bertz CT molecular complexity index is 567. The van der Waals surface area contributed by atoms with Gasteiger partial charge in [-0.2, -0.15) is 4.31 Å². The van der Waals surface area contributed by atoms with Gasteiger partial charge in [-0.05, 0) is 19.1 Å². The largest absolute Gasteiger partial charge is 0.359 e. The number of aryl methyl sites for hydroxylation is 1. The van der Waals surface area contributed by atoms with Gasteiger partial charge < -0.3 is 4.74 Å². The van der Waals surface area contributed by atoms with Crippen molar-refractivity contribution in [3.63, 3.8) is 0 Å². The van der Waals surface area contributed by atoms with Crippen molar-refractivity contribution in [1.82, 2.24) is 9.62 Å². The molecule has 2 aliphatic rings. The first-order valence-corrected chi connectivity index (χ1v) is 8.42. The normalized spacial score (nSPS) is 23.2. The summed E-state index contributed by atoms with van der Waals surface area (Å²) in [4.78, 5) is 0.374. The maximum atomic E-state index is 12.6. The number of hydrogen-bond acceptors (Lipinski definition) is 4. The molecule has 2 aliphatic heterocycles. The van der Waals surface area contributed by atoms with Crippen LogP contribution in [-0.2, 0) is 14.8 Å². The van der Waals surface area contributed by atoms with Crippen molar-refractivity contribution in [2.45, 2.75) is 30.4 Å². The molecule has 0 saturated carbocycles. The highest BCUT2D eigenvalue weighted by atomic mass is 32.2. The van der Waals surface area contributed by atoms with E-state index in [0.717, 1.165) is 12.1 Å². The van der Waals surface area contributed by atoms with E-state index in [4.69, 9.17) is 4.74 Å². The Morgan fingerprint density at radius 1 is 1.20 bits per heavy atom. The fourth-order valence-electron chi connectivity index (χ4n) is 2.84. The third kappa shape index (κ3) is 2.48. The number of piperidine rings is 1. The second-order valence-corrected chi connectivity index (χ2v) is 7.42. The Kier molecular flexibility index (Phi) is 3.58. The summed E-state index contributed by atoms with van der Waals surface area (Å²) >= 11 is 0. The van der Waals surface area contributed by atoms with Crippen molar-refractivity contribution in [2.24, 2.45) is 0 Å². The highest BCUT2D eigenvalue weighted by Crippen LogP contribution is 2.29. The lowest BCUT2D eigenvalue weighted by Crippen LogP contribution is -2.52. The van der Waals surface area contributed by atoms with Gasteiger partial charge in [-0.25, -0.2) is 8.42 Å². The van der Waals surface area contributed by atoms with Gasteiger partial charge in [0.05, 0.1) is 11.5 Å². The Morgan fingerprint density at radius 3 is 2.40 bits per heavy atom. The summed E-state index contributed by atoms with van der Waals surface area (Å²) in [5.74, 6) is 0. The van der Waals surface area contributed by atoms with Crippen molar-refractivity contribution < 1.29 is 13.2 Å². The van der Waals surface area contributed by atoms with Crippen molar-refractivity contribution in [3.8, 4) is 0 Å². The molecule has 2 saturated heterocycles. The van der Waals surface area contributed by atoms with Crippen LogP contribution in [0.25, 0.3) is 0 Å². The molecule has 0 atom stereocenters. The van der Waals surface area contributed by atoms with Crippen LogP contribution in [0.2, 0.25) is 0 Å². The molecule has 1 aromatic carbocycles. The Balaban J connectivity index is 1.75. The molecular formula is C14H20N2O3S. The molecule has 1 N–H and O–H groups in total. The van der Waals surface area contributed by atoms with Crippen molar-refractivity contribution in [2.75, 3.05) is 26.2 Å². The third-order valence-electron chi connectivity index (χ3n) is 4.12. The second-order valence-electron chi connectivity index (χ2n) is 5.49. The highest BCUT2D eigenvalue weighted by Gasteiger charge is 2.41. The SMILES string of the molecule is Cc1ccc(S(=O)(=O)N2CCC3(CC2)NCCO3)cc1. The zero-order valence-corrected chi connectivity index (χ0v) is 12.4. The van der Waals surface area contributed by atoms with Crippen molar-refractivity contribution in [1.29, 1.82) is 0 Å². The average molecular weight is 296 g/mol. The molecule has 1 aromatic rings. The van der Waals surface area contributed by atoms with Gasteiger partial charge in [0, 0.05) is 32.5 Å². The molecule has 2 fully saturated rings. The molecule has 0 bridgehead atoms. The maximum Gasteiger partial charge on any atom is 0.243 e. The topological polar surface area (TPSA) is 58.6 Å². The molecule has 20 heavy (non-hydrogen) atoms. The summed E-state index contributed by atoms with van der Waals surface area (Å²) in [6.45, 7) is 4.52. The minimum absolute atomic E-state index is 0.292. The smallest absolute Gasteiger partial charge is 0.243 e. The maximum absolute atomic E-state index is 12.6. The van der Waals surface area contributed by atoms with Gasteiger partial charge in [-0.1, -0.05) is 17.7 Å². The van der Waals surface area contributed by atoms with E-state index in [1.807, 2.05) is 19.1 Å². The van der Waals surface area contributed by atoms with Crippen LogP contribution in [0.1, 0.15) is 18.4 Å². The quantitative estimate of drug-likeness (QED) is 0.888. The van der Waals surface area contributed by atoms with Crippen molar-refractivity contribution >= 4 is 10.0 Å². The Morgan fingerprint density at radius 2 is 1.85 bits per heavy atom. The highest BCUT2D eigenvalue weighted by molar-refractivity contribution is 7.89. The van der Waals surface area contributed by atoms with E-state index >= 15 is 0 Å². The standard InChI is InChI=1S/C14H20N2O3S/c1-12-2-4-13(5-3-12)20(17,18)16-9-6-14(7-10-16)15-8-11-19-14/h2-5,15H,6-11H2,1H3. The number of sulfonamides is 1. The molecule has 0 aromatic heterocycles. The summed E-state index contributed by atoms with van der Waals surface area (Å²) < 4.78 is 32.4. The monoisotopic (exact) mass is 296 g/mol. The number of nitrogens with zero attached hydrogens (tertiary/aromatic N) is 1. The molecule has 2 heterocycles. The zero-order valence-electron chi connectivity index (χ0n) is 11.6. The molecule has 0 aliphatic carbocycles. The molecule has 5 nitrogen and oxygen atoms in total. The van der Waals surface area contributed by atoms with E-state index in [1.165, 1.54) is 0 Å². The van der Waals surface area contributed by atoms with Crippen LogP contribution in [0.3, 0.4) is 0 Å². The van der Waals surface area contributed by atoms with E-state index in [-0.39, 0.29) is 5.72 Å². The molecular weight excluding hydrogens is 276 g/mol. The van der Waals surface area contributed by atoms with Gasteiger partial charge in [-0.3, -0.25) is 5.32 Å².